The Morgan fingerprint density at radius 3 is 2.12 bits per heavy atom. The molecule has 0 heterocycles. The van der Waals surface area contributed by atoms with Crippen molar-refractivity contribution in [1.29, 1.82) is 0 Å². The van der Waals surface area contributed by atoms with E-state index < -0.39 is 5.60 Å². The maximum absolute atomic E-state index is 10.1. The first-order valence-corrected chi connectivity index (χ1v) is 7.00. The van der Waals surface area contributed by atoms with E-state index in [1.165, 1.54) is 0 Å². The second kappa shape index (κ2) is 5.27. The average Bonchev–Trinajstić information content (AvgIpc) is 2.13. The van der Waals surface area contributed by atoms with E-state index in [-0.39, 0.29) is 6.10 Å². The van der Waals surface area contributed by atoms with Crippen LogP contribution < -0.4 is 0 Å². The molecule has 0 aromatic heterocycles. The quantitative estimate of drug-likeness (QED) is 0.796. The van der Waals surface area contributed by atoms with Crippen molar-refractivity contribution in [2.75, 3.05) is 0 Å². The summed E-state index contributed by atoms with van der Waals surface area (Å²) in [6.45, 7) is 10.6. The van der Waals surface area contributed by atoms with Crippen LogP contribution in [0.3, 0.4) is 0 Å². The van der Waals surface area contributed by atoms with Crippen LogP contribution >= 0.6 is 0 Å². The Hall–Kier alpha value is -0.0800. The van der Waals surface area contributed by atoms with Gasteiger partial charge in [-0.3, -0.25) is 0 Å². The van der Waals surface area contributed by atoms with Gasteiger partial charge in [0.25, 0.3) is 0 Å². The fourth-order valence-electron chi connectivity index (χ4n) is 2.88. The summed E-state index contributed by atoms with van der Waals surface area (Å²) in [4.78, 5) is 0. The molecule has 0 amide bonds. The molecule has 0 spiro atoms. The Morgan fingerprint density at radius 2 is 1.65 bits per heavy atom. The van der Waals surface area contributed by atoms with E-state index in [1.54, 1.807) is 0 Å². The molecule has 1 fully saturated rings. The van der Waals surface area contributed by atoms with E-state index in [1.807, 2.05) is 13.8 Å². The minimum atomic E-state index is -0.603. The van der Waals surface area contributed by atoms with Gasteiger partial charge >= 0.3 is 0 Å². The maximum Gasteiger partial charge on any atom is 0.0591 e. The molecule has 2 heteroatoms. The van der Waals surface area contributed by atoms with Crippen molar-refractivity contribution in [3.05, 3.63) is 0 Å². The molecule has 0 radical (unpaired) electrons. The van der Waals surface area contributed by atoms with Crippen molar-refractivity contribution in [3.8, 4) is 0 Å². The molecule has 17 heavy (non-hydrogen) atoms. The third-order valence-electron chi connectivity index (χ3n) is 4.29. The fourth-order valence-corrected chi connectivity index (χ4v) is 2.88. The number of aliphatic hydroxyl groups excluding tert-OH is 1. The van der Waals surface area contributed by atoms with Gasteiger partial charge in [-0.1, -0.05) is 20.8 Å². The zero-order valence-electron chi connectivity index (χ0n) is 12.2. The molecule has 0 aliphatic heterocycles. The van der Waals surface area contributed by atoms with Gasteiger partial charge in [-0.05, 0) is 63.2 Å². The minimum Gasteiger partial charge on any atom is -0.393 e. The molecular weight excluding hydrogens is 212 g/mol. The molecule has 102 valence electrons. The van der Waals surface area contributed by atoms with Gasteiger partial charge in [0.1, 0.15) is 0 Å². The summed E-state index contributed by atoms with van der Waals surface area (Å²) in [5.41, 5.74) is -0.262. The molecule has 1 saturated carbocycles. The number of rotatable bonds is 3. The van der Waals surface area contributed by atoms with Gasteiger partial charge in [0.15, 0.2) is 0 Å². The molecule has 2 nitrogen and oxygen atoms in total. The van der Waals surface area contributed by atoms with Crippen molar-refractivity contribution in [2.24, 2.45) is 17.3 Å². The fraction of sp³-hybridized carbons (Fsp3) is 1.00. The van der Waals surface area contributed by atoms with E-state index in [2.05, 4.69) is 20.8 Å². The van der Waals surface area contributed by atoms with Crippen LogP contribution in [0.25, 0.3) is 0 Å². The Kier molecular flexibility index (Phi) is 4.65. The highest BCUT2D eigenvalue weighted by atomic mass is 16.3. The lowest BCUT2D eigenvalue weighted by Crippen LogP contribution is -2.35. The van der Waals surface area contributed by atoms with Gasteiger partial charge in [-0.25, -0.2) is 0 Å². The largest absolute Gasteiger partial charge is 0.393 e. The third-order valence-corrected chi connectivity index (χ3v) is 4.29. The monoisotopic (exact) mass is 242 g/mol. The lowest BCUT2D eigenvalue weighted by Gasteiger charge is -2.40. The van der Waals surface area contributed by atoms with Crippen LogP contribution in [-0.4, -0.2) is 21.9 Å². The molecular formula is C15H30O2. The second-order valence-corrected chi connectivity index (χ2v) is 7.55. The van der Waals surface area contributed by atoms with E-state index in [0.717, 1.165) is 32.1 Å². The molecule has 1 aliphatic rings. The van der Waals surface area contributed by atoms with Crippen molar-refractivity contribution in [2.45, 2.75) is 78.4 Å². The smallest absolute Gasteiger partial charge is 0.0591 e. The zero-order valence-corrected chi connectivity index (χ0v) is 12.2. The number of hydrogen-bond donors (Lipinski definition) is 2. The summed E-state index contributed by atoms with van der Waals surface area (Å²) < 4.78 is 0. The maximum atomic E-state index is 10.1. The van der Waals surface area contributed by atoms with Crippen molar-refractivity contribution in [1.82, 2.24) is 0 Å². The van der Waals surface area contributed by atoms with Crippen LogP contribution in [0.1, 0.15) is 66.7 Å². The normalized spacial score (nSPS) is 31.6. The highest BCUT2D eigenvalue weighted by Crippen LogP contribution is 2.42. The van der Waals surface area contributed by atoms with Crippen molar-refractivity contribution < 1.29 is 10.2 Å². The van der Waals surface area contributed by atoms with E-state index in [9.17, 15) is 10.2 Å². The summed E-state index contributed by atoms with van der Waals surface area (Å²) in [5.74, 6) is 1.08. The number of hydrogen-bond acceptors (Lipinski definition) is 2. The molecule has 0 bridgehead atoms. The molecule has 0 aromatic rings. The van der Waals surface area contributed by atoms with E-state index >= 15 is 0 Å². The topological polar surface area (TPSA) is 40.5 Å². The van der Waals surface area contributed by atoms with Gasteiger partial charge in [0, 0.05) is 0 Å². The second-order valence-electron chi connectivity index (χ2n) is 7.55. The summed E-state index contributed by atoms with van der Waals surface area (Å²) >= 11 is 0. The first-order valence-electron chi connectivity index (χ1n) is 7.00. The average molecular weight is 242 g/mol. The Bertz CT molecular complexity index is 234. The molecule has 1 aliphatic carbocycles. The van der Waals surface area contributed by atoms with Gasteiger partial charge in [0.05, 0.1) is 11.7 Å². The van der Waals surface area contributed by atoms with Gasteiger partial charge in [0.2, 0.25) is 0 Å². The zero-order chi connectivity index (χ0) is 13.3. The SMILES string of the molecule is CC(C)(O)CCC1CC(C(C)(C)C)CCC1O. The highest BCUT2D eigenvalue weighted by molar-refractivity contribution is 4.86. The Morgan fingerprint density at radius 1 is 1.06 bits per heavy atom. The first kappa shape index (κ1) is 15.0. The number of aliphatic hydroxyl groups is 2. The Labute approximate surface area is 106 Å². The van der Waals surface area contributed by atoms with Crippen molar-refractivity contribution >= 4 is 0 Å². The summed E-state index contributed by atoms with van der Waals surface area (Å²) in [6, 6.07) is 0. The van der Waals surface area contributed by atoms with Crippen LogP contribution in [0.4, 0.5) is 0 Å². The van der Waals surface area contributed by atoms with Crippen LogP contribution in [0.15, 0.2) is 0 Å². The lowest BCUT2D eigenvalue weighted by molar-refractivity contribution is -0.00121. The van der Waals surface area contributed by atoms with Crippen LogP contribution in [-0.2, 0) is 0 Å². The van der Waals surface area contributed by atoms with Gasteiger partial charge in [-0.15, -0.1) is 0 Å². The predicted octanol–water partition coefficient (Wildman–Crippen LogP) is 3.36. The van der Waals surface area contributed by atoms with Crippen LogP contribution in [0, 0.1) is 17.3 Å². The first-order chi connectivity index (χ1) is 7.59. The molecule has 3 atom stereocenters. The summed E-state index contributed by atoms with van der Waals surface area (Å²) in [5, 5.41) is 19.8. The minimum absolute atomic E-state index is 0.157. The molecule has 0 aromatic carbocycles. The molecule has 3 unspecified atom stereocenters. The van der Waals surface area contributed by atoms with Crippen LogP contribution in [0.5, 0.6) is 0 Å². The summed E-state index contributed by atoms with van der Waals surface area (Å²) in [6.07, 6.45) is 4.75. The Balaban J connectivity index is 2.52. The van der Waals surface area contributed by atoms with Crippen LogP contribution in [0.2, 0.25) is 0 Å². The molecule has 2 N–H and O–H groups in total. The van der Waals surface area contributed by atoms with Gasteiger partial charge < -0.3 is 10.2 Å². The van der Waals surface area contributed by atoms with Gasteiger partial charge in [-0.2, -0.15) is 0 Å². The predicted molar refractivity (Wildman–Crippen MR) is 71.8 cm³/mol. The molecule has 0 saturated heterocycles. The molecule has 1 rings (SSSR count). The summed E-state index contributed by atoms with van der Waals surface area (Å²) in [7, 11) is 0. The van der Waals surface area contributed by atoms with E-state index in [4.69, 9.17) is 0 Å². The third kappa shape index (κ3) is 4.97. The standard InChI is InChI=1S/C15H30O2/c1-14(2,3)12-6-7-13(16)11(10-12)8-9-15(4,5)17/h11-13,16-17H,6-10H2,1-5H3. The van der Waals surface area contributed by atoms with E-state index in [0.29, 0.717) is 17.3 Å². The van der Waals surface area contributed by atoms with Crippen molar-refractivity contribution in [3.63, 3.8) is 0 Å². The lowest BCUT2D eigenvalue weighted by atomic mass is 9.67. The highest BCUT2D eigenvalue weighted by Gasteiger charge is 2.35.